The molecule has 0 aliphatic carbocycles. The Hall–Kier alpha value is -2.46. The van der Waals surface area contributed by atoms with Gasteiger partial charge in [0.05, 0.1) is 11.5 Å². The maximum Gasteiger partial charge on any atom is 0.154 e. The second-order valence-corrected chi connectivity index (χ2v) is 6.09. The number of nitriles is 1. The first kappa shape index (κ1) is 15.4. The number of hydrogen-bond acceptors (Lipinski definition) is 6. The molecule has 120 valence electrons. The Morgan fingerprint density at radius 3 is 3.13 bits per heavy atom. The van der Waals surface area contributed by atoms with Gasteiger partial charge in [-0.3, -0.25) is 4.90 Å². The van der Waals surface area contributed by atoms with Gasteiger partial charge in [-0.2, -0.15) is 5.26 Å². The van der Waals surface area contributed by atoms with E-state index in [1.54, 1.807) is 6.33 Å². The first-order chi connectivity index (χ1) is 11.2. The average molecular weight is 312 g/mol. The Bertz CT molecular complexity index is 735. The monoisotopic (exact) mass is 312 g/mol. The second-order valence-electron chi connectivity index (χ2n) is 6.09. The van der Waals surface area contributed by atoms with Crippen molar-refractivity contribution in [3.8, 4) is 6.07 Å². The Labute approximate surface area is 134 Å². The van der Waals surface area contributed by atoms with Crippen molar-refractivity contribution in [2.45, 2.75) is 25.4 Å². The van der Waals surface area contributed by atoms with Crippen LogP contribution in [0.3, 0.4) is 0 Å². The number of carbonyl (C=O) groups is 1. The number of H-pyrrole nitrogens is 1. The summed E-state index contributed by atoms with van der Waals surface area (Å²) >= 11 is 0. The molecule has 1 aliphatic heterocycles. The lowest BCUT2D eigenvalue weighted by Gasteiger charge is -2.42. The molecule has 3 atom stereocenters. The summed E-state index contributed by atoms with van der Waals surface area (Å²) < 4.78 is 0. The highest BCUT2D eigenvalue weighted by molar-refractivity contribution is 5.87. The molecule has 1 aliphatic rings. The van der Waals surface area contributed by atoms with Crippen molar-refractivity contribution in [2.75, 3.05) is 25.0 Å². The summed E-state index contributed by atoms with van der Waals surface area (Å²) in [5.41, 5.74) is 0.810. The summed E-state index contributed by atoms with van der Waals surface area (Å²) in [7, 11) is 2.02. The third-order valence-electron chi connectivity index (χ3n) is 4.77. The fraction of sp³-hybridized carbons (Fsp3) is 0.500. The van der Waals surface area contributed by atoms with Crippen molar-refractivity contribution < 1.29 is 4.79 Å². The Morgan fingerprint density at radius 1 is 1.57 bits per heavy atom. The van der Waals surface area contributed by atoms with Gasteiger partial charge in [-0.05, 0) is 18.4 Å². The molecule has 0 amide bonds. The van der Waals surface area contributed by atoms with E-state index in [2.05, 4.69) is 32.8 Å². The molecule has 1 fully saturated rings. The van der Waals surface area contributed by atoms with Gasteiger partial charge in [0.1, 0.15) is 17.8 Å². The predicted molar refractivity (Wildman–Crippen MR) is 86.9 cm³/mol. The summed E-state index contributed by atoms with van der Waals surface area (Å²) in [5.74, 6) is 1.32. The molecule has 1 saturated heterocycles. The molecule has 0 spiro atoms. The molecule has 23 heavy (non-hydrogen) atoms. The minimum Gasteiger partial charge on any atom is -0.354 e. The summed E-state index contributed by atoms with van der Waals surface area (Å²) in [6.07, 6.45) is 5.08. The quantitative estimate of drug-likeness (QED) is 0.853. The number of aromatic nitrogens is 3. The number of rotatable bonds is 4. The average Bonchev–Trinajstić information content (AvgIpc) is 3.05. The first-order valence-electron chi connectivity index (χ1n) is 7.75. The van der Waals surface area contributed by atoms with Gasteiger partial charge in [0.25, 0.3) is 0 Å². The standard InChI is InChI=1S/C16H20N6O/c1-11-4-6-22(12(7-17)9-23)8-14(11)21(2)16-13-3-5-18-15(13)19-10-20-16/h3,5,9-12,14H,4,6,8H2,1-2H3,(H,18,19,20)/t11-,12?,14+/m1/s1. The third-order valence-corrected chi connectivity index (χ3v) is 4.77. The van der Waals surface area contributed by atoms with Crippen molar-refractivity contribution in [3.05, 3.63) is 18.6 Å². The zero-order valence-corrected chi connectivity index (χ0v) is 13.3. The lowest BCUT2D eigenvalue weighted by Crippen LogP contribution is -2.54. The zero-order chi connectivity index (χ0) is 16.4. The number of nitrogens with zero attached hydrogens (tertiary/aromatic N) is 5. The molecule has 3 heterocycles. The van der Waals surface area contributed by atoms with Crippen LogP contribution in [0, 0.1) is 17.2 Å². The fourth-order valence-electron chi connectivity index (χ4n) is 3.33. The number of anilines is 1. The van der Waals surface area contributed by atoms with Gasteiger partial charge in [0.15, 0.2) is 12.3 Å². The lowest BCUT2D eigenvalue weighted by molar-refractivity contribution is -0.111. The molecule has 2 aromatic heterocycles. The Kier molecular flexibility index (Phi) is 4.26. The number of likely N-dealkylation sites (tertiary alicyclic amines) is 1. The van der Waals surface area contributed by atoms with E-state index in [9.17, 15) is 4.79 Å². The summed E-state index contributed by atoms with van der Waals surface area (Å²) in [5, 5.41) is 10.1. The predicted octanol–water partition coefficient (Wildman–Crippen LogP) is 1.20. The van der Waals surface area contributed by atoms with Crippen LogP contribution in [0.15, 0.2) is 18.6 Å². The van der Waals surface area contributed by atoms with E-state index in [0.717, 1.165) is 36.1 Å². The normalized spacial score (nSPS) is 23.3. The minimum absolute atomic E-state index is 0.188. The molecular weight excluding hydrogens is 292 g/mol. The van der Waals surface area contributed by atoms with Crippen LogP contribution in [-0.2, 0) is 4.79 Å². The number of aldehydes is 1. The van der Waals surface area contributed by atoms with Crippen LogP contribution in [0.5, 0.6) is 0 Å². The van der Waals surface area contributed by atoms with Crippen molar-refractivity contribution >= 4 is 23.1 Å². The van der Waals surface area contributed by atoms with E-state index in [-0.39, 0.29) is 6.04 Å². The lowest BCUT2D eigenvalue weighted by atomic mass is 9.91. The summed E-state index contributed by atoms with van der Waals surface area (Å²) in [4.78, 5) is 27.0. The van der Waals surface area contributed by atoms with E-state index < -0.39 is 6.04 Å². The van der Waals surface area contributed by atoms with Crippen LogP contribution in [0.2, 0.25) is 0 Å². The molecule has 0 aromatic carbocycles. The number of piperidine rings is 1. The summed E-state index contributed by atoms with van der Waals surface area (Å²) in [6.45, 7) is 3.65. The van der Waals surface area contributed by atoms with Crippen LogP contribution >= 0.6 is 0 Å². The number of aromatic amines is 1. The smallest absolute Gasteiger partial charge is 0.154 e. The fourth-order valence-corrected chi connectivity index (χ4v) is 3.33. The molecule has 7 nitrogen and oxygen atoms in total. The highest BCUT2D eigenvalue weighted by Gasteiger charge is 2.33. The van der Waals surface area contributed by atoms with Crippen molar-refractivity contribution in [3.63, 3.8) is 0 Å². The zero-order valence-electron chi connectivity index (χ0n) is 13.3. The van der Waals surface area contributed by atoms with Gasteiger partial charge in [-0.1, -0.05) is 6.92 Å². The van der Waals surface area contributed by atoms with Crippen LogP contribution < -0.4 is 4.90 Å². The largest absolute Gasteiger partial charge is 0.354 e. The number of likely N-dealkylation sites (N-methyl/N-ethyl adjacent to an activating group) is 1. The molecule has 1 N–H and O–H groups in total. The van der Waals surface area contributed by atoms with Crippen LogP contribution in [0.1, 0.15) is 13.3 Å². The van der Waals surface area contributed by atoms with Crippen molar-refractivity contribution in [2.24, 2.45) is 5.92 Å². The van der Waals surface area contributed by atoms with Gasteiger partial charge in [0.2, 0.25) is 0 Å². The molecule has 2 aromatic rings. The van der Waals surface area contributed by atoms with E-state index >= 15 is 0 Å². The molecule has 0 bridgehead atoms. The number of nitrogens with one attached hydrogen (secondary N) is 1. The van der Waals surface area contributed by atoms with E-state index in [4.69, 9.17) is 5.26 Å². The first-order valence-corrected chi connectivity index (χ1v) is 7.75. The van der Waals surface area contributed by atoms with Crippen molar-refractivity contribution in [1.82, 2.24) is 19.9 Å². The maximum atomic E-state index is 11.1. The number of carbonyl (C=O) groups excluding carboxylic acids is 1. The molecule has 0 radical (unpaired) electrons. The van der Waals surface area contributed by atoms with Gasteiger partial charge in [0, 0.05) is 32.4 Å². The van der Waals surface area contributed by atoms with E-state index in [0.29, 0.717) is 12.5 Å². The minimum atomic E-state index is -0.670. The van der Waals surface area contributed by atoms with Crippen LogP contribution in [0.25, 0.3) is 11.0 Å². The number of fused-ring (bicyclic) bond motifs is 1. The maximum absolute atomic E-state index is 11.1. The van der Waals surface area contributed by atoms with Crippen molar-refractivity contribution in [1.29, 1.82) is 5.26 Å². The van der Waals surface area contributed by atoms with Gasteiger partial charge in [-0.25, -0.2) is 9.97 Å². The molecule has 7 heteroatoms. The third kappa shape index (κ3) is 2.78. The van der Waals surface area contributed by atoms with Crippen LogP contribution in [0.4, 0.5) is 5.82 Å². The summed E-state index contributed by atoms with van der Waals surface area (Å²) in [6, 6.07) is 3.56. The van der Waals surface area contributed by atoms with E-state index in [1.807, 2.05) is 24.2 Å². The second kappa shape index (κ2) is 6.34. The molecule has 1 unspecified atom stereocenters. The molecule has 0 saturated carbocycles. The molecule has 3 rings (SSSR count). The van der Waals surface area contributed by atoms with Crippen LogP contribution in [-0.4, -0.2) is 58.4 Å². The molecular formula is C16H20N6O. The van der Waals surface area contributed by atoms with E-state index in [1.165, 1.54) is 0 Å². The number of hydrogen-bond donors (Lipinski definition) is 1. The van der Waals surface area contributed by atoms with Gasteiger partial charge >= 0.3 is 0 Å². The van der Waals surface area contributed by atoms with Gasteiger partial charge < -0.3 is 14.7 Å². The highest BCUT2D eigenvalue weighted by atomic mass is 16.1. The Morgan fingerprint density at radius 2 is 2.39 bits per heavy atom. The highest BCUT2D eigenvalue weighted by Crippen LogP contribution is 2.28. The SMILES string of the molecule is C[C@@H]1CCN(C(C#N)C=O)C[C@@H]1N(C)c1ncnc2[nH]ccc12. The van der Waals surface area contributed by atoms with Gasteiger partial charge in [-0.15, -0.1) is 0 Å². The topological polar surface area (TPSA) is 88.9 Å². The Balaban J connectivity index is 1.88.